The Balaban J connectivity index is 1.38. The Labute approximate surface area is 177 Å². The molecule has 0 radical (unpaired) electrons. The van der Waals surface area contributed by atoms with Gasteiger partial charge in [0, 0.05) is 23.5 Å². The summed E-state index contributed by atoms with van der Waals surface area (Å²) < 4.78 is 11.1. The molecule has 0 bridgehead atoms. The van der Waals surface area contributed by atoms with Crippen LogP contribution in [0.25, 0.3) is 10.9 Å². The summed E-state index contributed by atoms with van der Waals surface area (Å²) in [6.45, 7) is -0.00296. The summed E-state index contributed by atoms with van der Waals surface area (Å²) in [4.78, 5) is 39.6. The maximum Gasteiger partial charge on any atom is 0.312 e. The van der Waals surface area contributed by atoms with Crippen LogP contribution in [0.1, 0.15) is 5.56 Å². The highest BCUT2D eigenvalue weighted by molar-refractivity contribution is 5.91. The average Bonchev–Trinajstić information content (AvgIpc) is 3.19. The van der Waals surface area contributed by atoms with E-state index in [1.807, 2.05) is 24.3 Å². The standard InChI is InChI=1S/C21H21N5O5/c22-21(29)24-15(9-12-10-23-14-6-2-1-5-13(12)14)19(27)25-26-20(28)18-11-30-16-7-3-4-8-17(16)31-18/h1-8,10,15,18,23H,9,11H2,(H,25,27)(H,26,28)(H3,22,24,29)/t15-,18-/m0/s1. The second kappa shape index (κ2) is 8.66. The van der Waals surface area contributed by atoms with Crippen LogP contribution in [0.15, 0.2) is 54.7 Å². The van der Waals surface area contributed by atoms with Crippen molar-refractivity contribution in [2.75, 3.05) is 6.61 Å². The Morgan fingerprint density at radius 1 is 1.06 bits per heavy atom. The lowest BCUT2D eigenvalue weighted by Gasteiger charge is -2.26. The van der Waals surface area contributed by atoms with E-state index in [2.05, 4.69) is 21.2 Å². The number of carbonyl (C=O) groups is 3. The van der Waals surface area contributed by atoms with Gasteiger partial charge < -0.3 is 25.5 Å². The SMILES string of the molecule is NC(=O)N[C@@H](Cc1c[nH]c2ccccc12)C(=O)NNC(=O)[C@@H]1COc2ccccc2O1. The van der Waals surface area contributed by atoms with Crippen molar-refractivity contribution in [3.63, 3.8) is 0 Å². The van der Waals surface area contributed by atoms with Crippen molar-refractivity contribution in [2.24, 2.45) is 5.73 Å². The number of carbonyl (C=O) groups excluding carboxylic acids is 3. The van der Waals surface area contributed by atoms with Crippen molar-refractivity contribution in [1.82, 2.24) is 21.2 Å². The third-order valence-corrected chi connectivity index (χ3v) is 4.84. The number of amides is 4. The number of urea groups is 1. The first-order chi connectivity index (χ1) is 15.0. The third-order valence-electron chi connectivity index (χ3n) is 4.84. The van der Waals surface area contributed by atoms with Gasteiger partial charge in [0.1, 0.15) is 12.6 Å². The van der Waals surface area contributed by atoms with Gasteiger partial charge in [-0.1, -0.05) is 30.3 Å². The molecule has 6 N–H and O–H groups in total. The normalized spacial score (nSPS) is 15.7. The summed E-state index contributed by atoms with van der Waals surface area (Å²) in [5.74, 6) is -0.241. The smallest absolute Gasteiger partial charge is 0.312 e. The minimum atomic E-state index is -0.999. The fraction of sp³-hybridized carbons (Fsp3) is 0.190. The molecule has 0 saturated carbocycles. The van der Waals surface area contributed by atoms with Crippen LogP contribution in [-0.4, -0.2) is 41.6 Å². The van der Waals surface area contributed by atoms with Crippen LogP contribution >= 0.6 is 0 Å². The zero-order chi connectivity index (χ0) is 21.8. The summed E-state index contributed by atoms with van der Waals surface area (Å²) in [6, 6.07) is 12.7. The topological polar surface area (TPSA) is 148 Å². The van der Waals surface area contributed by atoms with Gasteiger partial charge >= 0.3 is 6.03 Å². The first kappa shape index (κ1) is 20.1. The number of benzene rings is 2. The highest BCUT2D eigenvalue weighted by Crippen LogP contribution is 2.30. The number of fused-ring (bicyclic) bond motifs is 2. The van der Waals surface area contributed by atoms with E-state index in [0.717, 1.165) is 16.5 Å². The van der Waals surface area contributed by atoms with Gasteiger partial charge in [0.05, 0.1) is 0 Å². The molecule has 3 aromatic rings. The number of primary amides is 1. The maximum atomic E-state index is 12.6. The van der Waals surface area contributed by atoms with Crippen LogP contribution in [0.4, 0.5) is 4.79 Å². The van der Waals surface area contributed by atoms with Gasteiger partial charge in [0.15, 0.2) is 11.5 Å². The van der Waals surface area contributed by atoms with Crippen LogP contribution in [0, 0.1) is 0 Å². The molecule has 31 heavy (non-hydrogen) atoms. The molecule has 10 nitrogen and oxygen atoms in total. The summed E-state index contributed by atoms with van der Waals surface area (Å²) in [5.41, 5.74) is 11.6. The number of hydrogen-bond donors (Lipinski definition) is 5. The van der Waals surface area contributed by atoms with Crippen molar-refractivity contribution in [2.45, 2.75) is 18.6 Å². The fourth-order valence-electron chi connectivity index (χ4n) is 3.34. The van der Waals surface area contributed by atoms with Crippen molar-refractivity contribution >= 4 is 28.7 Å². The molecule has 0 fully saturated rings. The quantitative estimate of drug-likeness (QED) is 0.384. The Morgan fingerprint density at radius 3 is 2.61 bits per heavy atom. The van der Waals surface area contributed by atoms with Crippen LogP contribution in [-0.2, 0) is 16.0 Å². The molecule has 0 saturated heterocycles. The van der Waals surface area contributed by atoms with Gasteiger partial charge in [-0.05, 0) is 23.8 Å². The van der Waals surface area contributed by atoms with Crippen molar-refractivity contribution in [1.29, 1.82) is 0 Å². The number of nitrogens with two attached hydrogens (primary N) is 1. The van der Waals surface area contributed by atoms with E-state index in [4.69, 9.17) is 15.2 Å². The minimum Gasteiger partial charge on any atom is -0.485 e. The largest absolute Gasteiger partial charge is 0.485 e. The molecule has 4 amide bonds. The molecule has 2 atom stereocenters. The molecular formula is C21H21N5O5. The maximum absolute atomic E-state index is 12.6. The molecular weight excluding hydrogens is 402 g/mol. The summed E-state index contributed by atoms with van der Waals surface area (Å²) in [6.07, 6.45) is 0.994. The molecule has 1 aliphatic heterocycles. The molecule has 2 aromatic carbocycles. The first-order valence-electron chi connectivity index (χ1n) is 9.60. The number of para-hydroxylation sites is 3. The number of rotatable bonds is 5. The van der Waals surface area contributed by atoms with E-state index in [1.165, 1.54) is 0 Å². The average molecular weight is 423 g/mol. The van der Waals surface area contributed by atoms with E-state index in [-0.39, 0.29) is 13.0 Å². The molecule has 0 spiro atoms. The Morgan fingerprint density at radius 2 is 1.81 bits per heavy atom. The van der Waals surface area contributed by atoms with E-state index in [0.29, 0.717) is 11.5 Å². The number of hydrazine groups is 1. The summed E-state index contributed by atoms with van der Waals surface area (Å²) in [7, 11) is 0. The van der Waals surface area contributed by atoms with Crippen LogP contribution in [0.3, 0.4) is 0 Å². The lowest BCUT2D eigenvalue weighted by molar-refractivity contribution is -0.135. The van der Waals surface area contributed by atoms with Gasteiger partial charge in [0.25, 0.3) is 11.8 Å². The second-order valence-electron chi connectivity index (χ2n) is 6.97. The van der Waals surface area contributed by atoms with E-state index in [9.17, 15) is 14.4 Å². The monoisotopic (exact) mass is 423 g/mol. The second-order valence-corrected chi connectivity index (χ2v) is 6.97. The summed E-state index contributed by atoms with van der Waals surface area (Å²) in [5, 5.41) is 3.32. The fourth-order valence-corrected chi connectivity index (χ4v) is 3.34. The lowest BCUT2D eigenvalue weighted by atomic mass is 10.0. The van der Waals surface area contributed by atoms with Crippen molar-refractivity contribution < 1.29 is 23.9 Å². The van der Waals surface area contributed by atoms with Gasteiger partial charge in [-0.15, -0.1) is 0 Å². The van der Waals surface area contributed by atoms with Gasteiger partial charge in [-0.25, -0.2) is 4.79 Å². The number of aromatic amines is 1. The van der Waals surface area contributed by atoms with Crippen LogP contribution in [0.2, 0.25) is 0 Å². The lowest BCUT2D eigenvalue weighted by Crippen LogP contribution is -2.56. The zero-order valence-electron chi connectivity index (χ0n) is 16.4. The molecule has 10 heteroatoms. The highest BCUT2D eigenvalue weighted by atomic mass is 16.6. The predicted molar refractivity (Wildman–Crippen MR) is 111 cm³/mol. The number of H-pyrrole nitrogens is 1. The number of hydrogen-bond acceptors (Lipinski definition) is 5. The Bertz CT molecular complexity index is 1130. The number of nitrogens with one attached hydrogen (secondary N) is 4. The van der Waals surface area contributed by atoms with Gasteiger partial charge in [-0.2, -0.15) is 0 Å². The van der Waals surface area contributed by atoms with Crippen LogP contribution in [0.5, 0.6) is 11.5 Å². The molecule has 160 valence electrons. The molecule has 2 heterocycles. The molecule has 1 aliphatic rings. The first-order valence-corrected chi connectivity index (χ1v) is 9.60. The number of aromatic nitrogens is 1. The highest BCUT2D eigenvalue weighted by Gasteiger charge is 2.29. The number of ether oxygens (including phenoxy) is 2. The third kappa shape index (κ3) is 4.53. The van der Waals surface area contributed by atoms with Gasteiger partial charge in [0.2, 0.25) is 6.10 Å². The van der Waals surface area contributed by atoms with E-state index >= 15 is 0 Å². The van der Waals surface area contributed by atoms with Crippen LogP contribution < -0.4 is 31.4 Å². The van der Waals surface area contributed by atoms with E-state index < -0.39 is 30.0 Å². The molecule has 0 aliphatic carbocycles. The van der Waals surface area contributed by atoms with Gasteiger partial charge in [-0.3, -0.25) is 20.4 Å². The Hall–Kier alpha value is -4.21. The molecule has 0 unspecified atom stereocenters. The minimum absolute atomic E-state index is 0.00296. The Kier molecular flexibility index (Phi) is 5.61. The zero-order valence-corrected chi connectivity index (χ0v) is 16.4. The molecule has 1 aromatic heterocycles. The van der Waals surface area contributed by atoms with E-state index in [1.54, 1.807) is 30.5 Å². The van der Waals surface area contributed by atoms with Crippen molar-refractivity contribution in [3.8, 4) is 11.5 Å². The predicted octanol–water partition coefficient (Wildman–Crippen LogP) is 0.735. The summed E-state index contributed by atoms with van der Waals surface area (Å²) >= 11 is 0. The van der Waals surface area contributed by atoms with Crippen molar-refractivity contribution in [3.05, 3.63) is 60.3 Å². The molecule has 4 rings (SSSR count).